The molecule has 0 radical (unpaired) electrons. The van der Waals surface area contributed by atoms with E-state index in [4.69, 9.17) is 4.42 Å². The van der Waals surface area contributed by atoms with Crippen LogP contribution in [0.2, 0.25) is 0 Å². The maximum absolute atomic E-state index is 5.44. The smallest absolute Gasteiger partial charge is 0.230 e. The number of hydrogen-bond donors (Lipinski definition) is 1. The van der Waals surface area contributed by atoms with Crippen LogP contribution in [-0.2, 0) is 6.54 Å². The number of hydrogen-bond acceptors (Lipinski definition) is 5. The molecule has 2 rings (SSSR count). The second-order valence-corrected chi connectivity index (χ2v) is 5.16. The lowest BCUT2D eigenvalue weighted by atomic mass is 9.98. The second-order valence-electron chi connectivity index (χ2n) is 5.16. The van der Waals surface area contributed by atoms with Crippen LogP contribution in [0.3, 0.4) is 0 Å². The Labute approximate surface area is 109 Å². The number of piperidine rings is 1. The summed E-state index contributed by atoms with van der Waals surface area (Å²) in [6.45, 7) is 9.38. The van der Waals surface area contributed by atoms with Gasteiger partial charge in [0.1, 0.15) is 0 Å². The maximum atomic E-state index is 5.44. The first-order chi connectivity index (χ1) is 8.78. The molecule has 1 N–H and O–H groups in total. The van der Waals surface area contributed by atoms with E-state index in [1.807, 2.05) is 6.92 Å². The zero-order valence-corrected chi connectivity index (χ0v) is 11.5. The van der Waals surface area contributed by atoms with Crippen LogP contribution in [0.25, 0.3) is 0 Å². The minimum Gasteiger partial charge on any atom is -0.424 e. The van der Waals surface area contributed by atoms with Crippen molar-refractivity contribution < 1.29 is 4.42 Å². The lowest BCUT2D eigenvalue weighted by molar-refractivity contribution is 0.152. The quantitative estimate of drug-likeness (QED) is 0.779. The van der Waals surface area contributed by atoms with Gasteiger partial charge in [0, 0.05) is 13.5 Å². The van der Waals surface area contributed by atoms with Gasteiger partial charge in [0.2, 0.25) is 11.8 Å². The molecule has 1 fully saturated rings. The molecule has 1 aromatic rings. The molecule has 1 unspecified atom stereocenters. The van der Waals surface area contributed by atoms with E-state index in [2.05, 4.69) is 27.3 Å². The van der Waals surface area contributed by atoms with E-state index in [-0.39, 0.29) is 0 Å². The van der Waals surface area contributed by atoms with Crippen molar-refractivity contribution in [2.24, 2.45) is 5.92 Å². The van der Waals surface area contributed by atoms with Crippen molar-refractivity contribution in [2.45, 2.75) is 39.7 Å². The molecule has 0 amide bonds. The third-order valence-electron chi connectivity index (χ3n) is 3.39. The van der Waals surface area contributed by atoms with Crippen LogP contribution in [0, 0.1) is 12.8 Å². The van der Waals surface area contributed by atoms with E-state index in [9.17, 15) is 0 Å². The lowest BCUT2D eigenvalue weighted by Gasteiger charge is -2.31. The topological polar surface area (TPSA) is 54.2 Å². The predicted molar refractivity (Wildman–Crippen MR) is 70.2 cm³/mol. The zero-order valence-electron chi connectivity index (χ0n) is 11.5. The van der Waals surface area contributed by atoms with Gasteiger partial charge in [-0.1, -0.05) is 6.92 Å². The van der Waals surface area contributed by atoms with Gasteiger partial charge in [-0.2, -0.15) is 0 Å². The van der Waals surface area contributed by atoms with E-state index >= 15 is 0 Å². The Bertz CT molecular complexity index is 353. The van der Waals surface area contributed by atoms with Gasteiger partial charge in [0.05, 0.1) is 6.54 Å². The van der Waals surface area contributed by atoms with Gasteiger partial charge in [-0.15, -0.1) is 10.2 Å². The zero-order chi connectivity index (χ0) is 12.8. The molecule has 5 nitrogen and oxygen atoms in total. The molecule has 0 aromatic carbocycles. The molecule has 5 heteroatoms. The molecule has 1 aliphatic rings. The Morgan fingerprint density at radius 2 is 2.33 bits per heavy atom. The van der Waals surface area contributed by atoms with E-state index in [0.717, 1.165) is 44.5 Å². The monoisotopic (exact) mass is 252 g/mol. The Morgan fingerprint density at radius 3 is 3.06 bits per heavy atom. The summed E-state index contributed by atoms with van der Waals surface area (Å²) in [5.41, 5.74) is 0. The van der Waals surface area contributed by atoms with Crippen molar-refractivity contribution in [2.75, 3.05) is 26.2 Å². The average molecular weight is 252 g/mol. The first-order valence-electron chi connectivity index (χ1n) is 7.00. The number of likely N-dealkylation sites (tertiary alicyclic amines) is 1. The third-order valence-corrected chi connectivity index (χ3v) is 3.39. The van der Waals surface area contributed by atoms with Crippen LogP contribution in [0.4, 0.5) is 0 Å². The summed E-state index contributed by atoms with van der Waals surface area (Å²) >= 11 is 0. The molecule has 1 saturated heterocycles. The van der Waals surface area contributed by atoms with Crippen LogP contribution >= 0.6 is 0 Å². The summed E-state index contributed by atoms with van der Waals surface area (Å²) in [6, 6.07) is 0. The summed E-state index contributed by atoms with van der Waals surface area (Å²) in [6.07, 6.45) is 3.80. The van der Waals surface area contributed by atoms with Crippen molar-refractivity contribution >= 4 is 0 Å². The highest BCUT2D eigenvalue weighted by Gasteiger charge is 2.20. The summed E-state index contributed by atoms with van der Waals surface area (Å²) in [7, 11) is 0. The van der Waals surface area contributed by atoms with Crippen LogP contribution in [-0.4, -0.2) is 41.3 Å². The lowest BCUT2D eigenvalue weighted by Crippen LogP contribution is -2.39. The highest BCUT2D eigenvalue weighted by Crippen LogP contribution is 2.17. The van der Waals surface area contributed by atoms with Crippen LogP contribution < -0.4 is 5.32 Å². The van der Waals surface area contributed by atoms with Gasteiger partial charge < -0.3 is 9.73 Å². The number of aryl methyl sites for hydroxylation is 1. The Morgan fingerprint density at radius 1 is 1.44 bits per heavy atom. The molecular formula is C13H24N4O. The van der Waals surface area contributed by atoms with Crippen molar-refractivity contribution in [3.63, 3.8) is 0 Å². The minimum atomic E-state index is 0.656. The van der Waals surface area contributed by atoms with Crippen molar-refractivity contribution in [1.82, 2.24) is 20.4 Å². The van der Waals surface area contributed by atoms with Gasteiger partial charge in [0.15, 0.2) is 0 Å². The van der Waals surface area contributed by atoms with Gasteiger partial charge in [-0.25, -0.2) is 0 Å². The number of nitrogens with zero attached hydrogens (tertiary/aromatic N) is 3. The van der Waals surface area contributed by atoms with Crippen molar-refractivity contribution in [3.05, 3.63) is 11.8 Å². The molecule has 1 aromatic heterocycles. The highest BCUT2D eigenvalue weighted by molar-refractivity contribution is 4.82. The second kappa shape index (κ2) is 6.85. The maximum Gasteiger partial charge on any atom is 0.230 e. The summed E-state index contributed by atoms with van der Waals surface area (Å²) in [5.74, 6) is 2.16. The molecule has 1 atom stereocenters. The highest BCUT2D eigenvalue weighted by atomic mass is 16.4. The molecule has 0 aliphatic carbocycles. The molecule has 1 aliphatic heterocycles. The van der Waals surface area contributed by atoms with E-state index < -0.39 is 0 Å². The first kappa shape index (κ1) is 13.5. The van der Waals surface area contributed by atoms with E-state index in [0.29, 0.717) is 5.89 Å². The fourth-order valence-corrected chi connectivity index (χ4v) is 2.54. The van der Waals surface area contributed by atoms with Crippen LogP contribution in [0.15, 0.2) is 4.42 Å². The summed E-state index contributed by atoms with van der Waals surface area (Å²) in [4.78, 5) is 2.43. The predicted octanol–water partition coefficient (Wildman–Crippen LogP) is 1.59. The SMILES string of the molecule is CCCNCC1CCCN(Cc2nnc(C)o2)C1. The van der Waals surface area contributed by atoms with Crippen molar-refractivity contribution in [1.29, 1.82) is 0 Å². The van der Waals surface area contributed by atoms with Crippen LogP contribution in [0.1, 0.15) is 38.0 Å². The summed E-state index contributed by atoms with van der Waals surface area (Å²) < 4.78 is 5.44. The fourth-order valence-electron chi connectivity index (χ4n) is 2.54. The van der Waals surface area contributed by atoms with E-state index in [1.165, 1.54) is 19.3 Å². The number of rotatable bonds is 6. The molecule has 0 bridgehead atoms. The van der Waals surface area contributed by atoms with Crippen molar-refractivity contribution in [3.8, 4) is 0 Å². The molecule has 2 heterocycles. The van der Waals surface area contributed by atoms with Crippen LogP contribution in [0.5, 0.6) is 0 Å². The minimum absolute atomic E-state index is 0.656. The fraction of sp³-hybridized carbons (Fsp3) is 0.846. The van der Waals surface area contributed by atoms with Gasteiger partial charge in [0.25, 0.3) is 0 Å². The molecule has 0 spiro atoms. The van der Waals surface area contributed by atoms with Gasteiger partial charge in [-0.3, -0.25) is 4.90 Å². The largest absolute Gasteiger partial charge is 0.424 e. The number of aromatic nitrogens is 2. The summed E-state index contributed by atoms with van der Waals surface area (Å²) in [5, 5.41) is 11.5. The normalized spacial score (nSPS) is 21.3. The Balaban J connectivity index is 1.76. The third kappa shape index (κ3) is 4.07. The number of nitrogens with one attached hydrogen (secondary N) is 1. The molecule has 0 saturated carbocycles. The Kier molecular flexibility index (Phi) is 5.13. The van der Waals surface area contributed by atoms with E-state index in [1.54, 1.807) is 0 Å². The molecule has 102 valence electrons. The average Bonchev–Trinajstić information content (AvgIpc) is 2.76. The standard InChI is InChI=1S/C13H24N4O/c1-3-6-14-8-12-5-4-7-17(9-12)10-13-16-15-11(2)18-13/h12,14H,3-10H2,1-2H3. The van der Waals surface area contributed by atoms with Gasteiger partial charge in [-0.05, 0) is 44.8 Å². The van der Waals surface area contributed by atoms with Gasteiger partial charge >= 0.3 is 0 Å². The Hall–Kier alpha value is -0.940. The first-order valence-corrected chi connectivity index (χ1v) is 7.00. The molecular weight excluding hydrogens is 228 g/mol. The molecule has 18 heavy (non-hydrogen) atoms.